The molecule has 88 valence electrons. The summed E-state index contributed by atoms with van der Waals surface area (Å²) in [6.07, 6.45) is 10.0. The minimum Gasteiger partial charge on any atom is -0.315 e. The van der Waals surface area contributed by atoms with Crippen molar-refractivity contribution in [1.82, 2.24) is 10.2 Å². The Morgan fingerprint density at radius 1 is 1.07 bits per heavy atom. The molecule has 0 amide bonds. The van der Waals surface area contributed by atoms with Gasteiger partial charge in [-0.2, -0.15) is 0 Å². The number of hydrogen-bond donors (Lipinski definition) is 1. The van der Waals surface area contributed by atoms with Crippen LogP contribution in [-0.4, -0.2) is 36.6 Å². The van der Waals surface area contributed by atoms with Crippen molar-refractivity contribution in [2.24, 2.45) is 0 Å². The smallest absolute Gasteiger partial charge is 0.0252 e. The molecule has 2 nitrogen and oxygen atoms in total. The Bertz CT molecular complexity index is 187. The van der Waals surface area contributed by atoms with Crippen molar-refractivity contribution in [2.75, 3.05) is 13.6 Å². The van der Waals surface area contributed by atoms with Gasteiger partial charge in [-0.25, -0.2) is 0 Å². The molecule has 2 rings (SSSR count). The van der Waals surface area contributed by atoms with Crippen molar-refractivity contribution in [1.29, 1.82) is 0 Å². The second kappa shape index (κ2) is 5.31. The lowest BCUT2D eigenvalue weighted by Gasteiger charge is -2.36. The highest BCUT2D eigenvalue weighted by Crippen LogP contribution is 2.31. The van der Waals surface area contributed by atoms with E-state index in [9.17, 15) is 0 Å². The average Bonchev–Trinajstić information content (AvgIpc) is 2.89. The fourth-order valence-electron chi connectivity index (χ4n) is 3.67. The molecule has 2 fully saturated rings. The van der Waals surface area contributed by atoms with Gasteiger partial charge in [-0.15, -0.1) is 0 Å². The molecule has 2 heteroatoms. The summed E-state index contributed by atoms with van der Waals surface area (Å²) >= 11 is 0. The van der Waals surface area contributed by atoms with Crippen LogP contribution in [0.25, 0.3) is 0 Å². The summed E-state index contributed by atoms with van der Waals surface area (Å²) in [4.78, 5) is 2.79. The molecule has 0 aromatic carbocycles. The molecule has 0 aromatic heterocycles. The first-order chi connectivity index (χ1) is 7.36. The van der Waals surface area contributed by atoms with E-state index in [-0.39, 0.29) is 0 Å². The highest BCUT2D eigenvalue weighted by atomic mass is 15.2. The van der Waals surface area contributed by atoms with Crippen molar-refractivity contribution < 1.29 is 0 Å². The molecule has 0 saturated heterocycles. The molecule has 0 bridgehead atoms. The van der Waals surface area contributed by atoms with Crippen LogP contribution >= 0.6 is 0 Å². The second-order valence-corrected chi connectivity index (χ2v) is 5.16. The normalized spacial score (nSPS) is 33.0. The molecule has 2 atom stereocenters. The Morgan fingerprint density at radius 2 is 1.80 bits per heavy atom. The van der Waals surface area contributed by atoms with Crippen LogP contribution in [0.1, 0.15) is 51.9 Å². The molecule has 2 aliphatic carbocycles. The van der Waals surface area contributed by atoms with E-state index >= 15 is 0 Å². The van der Waals surface area contributed by atoms with Gasteiger partial charge in [0.1, 0.15) is 0 Å². The molecule has 2 aliphatic rings. The molecule has 0 spiro atoms. The largest absolute Gasteiger partial charge is 0.315 e. The summed E-state index contributed by atoms with van der Waals surface area (Å²) < 4.78 is 0. The van der Waals surface area contributed by atoms with Crippen LogP contribution in [0, 0.1) is 0 Å². The van der Waals surface area contributed by atoms with E-state index < -0.39 is 0 Å². The van der Waals surface area contributed by atoms with E-state index in [1.165, 1.54) is 51.5 Å². The molecule has 1 N–H and O–H groups in total. The second-order valence-electron chi connectivity index (χ2n) is 5.16. The van der Waals surface area contributed by atoms with E-state index in [1.54, 1.807) is 0 Å². The fourth-order valence-corrected chi connectivity index (χ4v) is 3.67. The summed E-state index contributed by atoms with van der Waals surface area (Å²) in [5.41, 5.74) is 0. The van der Waals surface area contributed by atoms with Gasteiger partial charge in [0.25, 0.3) is 0 Å². The zero-order valence-electron chi connectivity index (χ0n) is 10.3. The topological polar surface area (TPSA) is 15.3 Å². The van der Waals surface area contributed by atoms with Gasteiger partial charge >= 0.3 is 0 Å². The summed E-state index contributed by atoms with van der Waals surface area (Å²) in [5.74, 6) is 0. The Balaban J connectivity index is 1.98. The van der Waals surface area contributed by atoms with Crippen LogP contribution in [0.5, 0.6) is 0 Å². The predicted octanol–water partition coefficient (Wildman–Crippen LogP) is 2.39. The highest BCUT2D eigenvalue weighted by molar-refractivity contribution is 4.92. The maximum absolute atomic E-state index is 3.51. The summed E-state index contributed by atoms with van der Waals surface area (Å²) in [6, 6.07) is 2.47. The first kappa shape index (κ1) is 11.4. The van der Waals surface area contributed by atoms with E-state index in [4.69, 9.17) is 0 Å². The predicted molar refractivity (Wildman–Crippen MR) is 65.1 cm³/mol. The first-order valence-corrected chi connectivity index (χ1v) is 6.79. The summed E-state index contributed by atoms with van der Waals surface area (Å²) in [5, 5.41) is 3.51. The zero-order chi connectivity index (χ0) is 10.7. The van der Waals surface area contributed by atoms with Gasteiger partial charge < -0.3 is 5.32 Å². The van der Waals surface area contributed by atoms with E-state index in [0.717, 1.165) is 18.1 Å². The minimum atomic E-state index is 0.755. The van der Waals surface area contributed by atoms with Crippen LogP contribution in [0.4, 0.5) is 0 Å². The Labute approximate surface area is 94.4 Å². The molecule has 0 radical (unpaired) electrons. The summed E-state index contributed by atoms with van der Waals surface area (Å²) in [7, 11) is 2.13. The molecule has 15 heavy (non-hydrogen) atoms. The van der Waals surface area contributed by atoms with Crippen molar-refractivity contribution in [3.8, 4) is 0 Å². The van der Waals surface area contributed by atoms with Gasteiger partial charge in [-0.3, -0.25) is 4.90 Å². The van der Waals surface area contributed by atoms with Crippen LogP contribution in [0.15, 0.2) is 0 Å². The van der Waals surface area contributed by atoms with E-state index in [1.807, 2.05) is 0 Å². The van der Waals surface area contributed by atoms with Gasteiger partial charge in [0.15, 0.2) is 0 Å². The van der Waals surface area contributed by atoms with Gasteiger partial charge in [0, 0.05) is 18.1 Å². The number of rotatable bonds is 4. The summed E-state index contributed by atoms with van der Waals surface area (Å²) in [6.45, 7) is 3.58. The minimum absolute atomic E-state index is 0.755. The lowest BCUT2D eigenvalue weighted by atomic mass is 10.1. The van der Waals surface area contributed by atoms with Crippen molar-refractivity contribution in [2.45, 2.75) is 70.0 Å². The third-order valence-electron chi connectivity index (χ3n) is 4.44. The lowest BCUT2D eigenvalue weighted by molar-refractivity contribution is 0.127. The monoisotopic (exact) mass is 210 g/mol. The third kappa shape index (κ3) is 2.36. The average molecular weight is 210 g/mol. The van der Waals surface area contributed by atoms with E-state index in [2.05, 4.69) is 24.2 Å². The highest BCUT2D eigenvalue weighted by Gasteiger charge is 2.34. The number of nitrogens with zero attached hydrogens (tertiary/aromatic N) is 1. The van der Waals surface area contributed by atoms with Crippen LogP contribution in [-0.2, 0) is 0 Å². The van der Waals surface area contributed by atoms with Gasteiger partial charge in [-0.05, 0) is 39.3 Å². The molecular formula is C13H26N2. The standard InChI is InChI=1S/C13H26N2/c1-3-15(11-7-4-5-8-11)13-10-6-9-12(13)14-2/h11-14H,3-10H2,1-2H3. The number of hydrogen-bond acceptors (Lipinski definition) is 2. The molecule has 2 saturated carbocycles. The van der Waals surface area contributed by atoms with Crippen LogP contribution < -0.4 is 5.32 Å². The fraction of sp³-hybridized carbons (Fsp3) is 1.00. The zero-order valence-corrected chi connectivity index (χ0v) is 10.3. The van der Waals surface area contributed by atoms with Gasteiger partial charge in [0.2, 0.25) is 0 Å². The van der Waals surface area contributed by atoms with Crippen LogP contribution in [0.2, 0.25) is 0 Å². The molecule has 0 heterocycles. The maximum atomic E-state index is 3.51. The lowest BCUT2D eigenvalue weighted by Crippen LogP contribution is -2.49. The first-order valence-electron chi connectivity index (χ1n) is 6.79. The van der Waals surface area contributed by atoms with Crippen molar-refractivity contribution in [3.05, 3.63) is 0 Å². The van der Waals surface area contributed by atoms with E-state index in [0.29, 0.717) is 0 Å². The van der Waals surface area contributed by atoms with Crippen molar-refractivity contribution >= 4 is 0 Å². The van der Waals surface area contributed by atoms with Gasteiger partial charge in [-0.1, -0.05) is 26.2 Å². The Hall–Kier alpha value is -0.0800. The SMILES string of the molecule is CCN(C1CCCC1)C1CCCC1NC. The Kier molecular flexibility index (Phi) is 4.04. The van der Waals surface area contributed by atoms with Gasteiger partial charge in [0.05, 0.1) is 0 Å². The quantitative estimate of drug-likeness (QED) is 0.766. The number of nitrogens with one attached hydrogen (secondary N) is 1. The maximum Gasteiger partial charge on any atom is 0.0252 e. The molecular weight excluding hydrogens is 184 g/mol. The third-order valence-corrected chi connectivity index (χ3v) is 4.44. The van der Waals surface area contributed by atoms with Crippen molar-refractivity contribution in [3.63, 3.8) is 0 Å². The Morgan fingerprint density at radius 3 is 2.40 bits per heavy atom. The molecule has 2 unspecified atom stereocenters. The molecule has 0 aromatic rings. The molecule has 0 aliphatic heterocycles. The van der Waals surface area contributed by atoms with Crippen LogP contribution in [0.3, 0.4) is 0 Å². The number of likely N-dealkylation sites (N-methyl/N-ethyl adjacent to an activating group) is 2.